The second-order valence-corrected chi connectivity index (χ2v) is 19.3. The minimum atomic E-state index is -1.44. The number of anilines is 5. The molecular weight excluding hydrogens is 865 g/mol. The van der Waals surface area contributed by atoms with Crippen LogP contribution in [0.25, 0.3) is 21.5 Å². The molecule has 8 aromatic rings. The van der Waals surface area contributed by atoms with Crippen LogP contribution in [0.3, 0.4) is 0 Å². The Bertz CT molecular complexity index is 3390. The van der Waals surface area contributed by atoms with Gasteiger partial charge in [-0.2, -0.15) is 0 Å². The van der Waals surface area contributed by atoms with Gasteiger partial charge in [0.25, 0.3) is 17.7 Å². The van der Waals surface area contributed by atoms with E-state index in [0.29, 0.717) is 53.1 Å². The summed E-state index contributed by atoms with van der Waals surface area (Å²) >= 11 is 0. The SMILES string of the molecule is COc1ccc(C(C)(C)[C@@H]2[C@@H](CCn3cc(CCO)nn3)O[C@]3(C(=O)N(Cc4ccc(N5C(=O)c6cccc7cccc5c67)cc4)c4ccc(N5C(=O)c6cccc7cccc5c67)cc43)[C@H]2C)cc1. The van der Waals surface area contributed by atoms with Gasteiger partial charge >= 0.3 is 0 Å². The predicted molar refractivity (Wildman–Crippen MR) is 266 cm³/mol. The summed E-state index contributed by atoms with van der Waals surface area (Å²) in [7, 11) is 1.66. The van der Waals surface area contributed by atoms with Gasteiger partial charge in [0.15, 0.2) is 5.60 Å². The van der Waals surface area contributed by atoms with Crippen LogP contribution < -0.4 is 19.4 Å². The van der Waals surface area contributed by atoms with Gasteiger partial charge in [-0.1, -0.05) is 98.8 Å². The smallest absolute Gasteiger partial charge is 0.264 e. The fraction of sp³-hybridized carbons (Fsp3) is 0.246. The number of aliphatic hydroxyl groups is 1. The molecule has 1 N–H and O–H groups in total. The molecule has 12 heteroatoms. The summed E-state index contributed by atoms with van der Waals surface area (Å²) < 4.78 is 14.9. The largest absolute Gasteiger partial charge is 0.497 e. The zero-order chi connectivity index (χ0) is 47.3. The summed E-state index contributed by atoms with van der Waals surface area (Å²) in [5.74, 6) is -0.180. The lowest BCUT2D eigenvalue weighted by Crippen LogP contribution is -2.45. The normalized spacial score (nSPS) is 20.4. The van der Waals surface area contributed by atoms with Crippen LogP contribution in [0.15, 0.2) is 146 Å². The first-order valence-electron chi connectivity index (χ1n) is 23.6. The third-order valence-corrected chi connectivity index (χ3v) is 15.3. The molecule has 7 aromatic carbocycles. The number of aromatic nitrogens is 3. The van der Waals surface area contributed by atoms with E-state index in [9.17, 15) is 14.7 Å². The standard InChI is InChI=1S/C57H50N6O6/c1-34-52(56(2,3)38-19-24-42(68-4)25-20-38)49(27-29-60-33-39(28-30-64)58-59-60)69-57(34)45-31-41(63-48-16-8-12-37-10-6-14-44(51(37)48)54(63)66)23-26-46(45)61(55(57)67)32-35-17-21-40(22-18-35)62-47-15-7-11-36-9-5-13-43(50(36)47)53(62)65/h5-26,31,33-34,49,52,64H,27-30,32H2,1-4H3/t34-,49+,52-,57+/m0/s1. The molecule has 1 fully saturated rings. The van der Waals surface area contributed by atoms with Crippen LogP contribution in [0, 0.1) is 11.8 Å². The van der Waals surface area contributed by atoms with E-state index in [1.165, 1.54) is 0 Å². The molecule has 0 bridgehead atoms. The molecule has 0 aliphatic carbocycles. The monoisotopic (exact) mass is 914 g/mol. The van der Waals surface area contributed by atoms with Gasteiger partial charge in [-0.25, -0.2) is 0 Å². The number of amides is 3. The number of hydrogen-bond donors (Lipinski definition) is 1. The van der Waals surface area contributed by atoms with E-state index in [2.05, 4.69) is 43.2 Å². The molecule has 0 saturated carbocycles. The zero-order valence-electron chi connectivity index (χ0n) is 38.8. The van der Waals surface area contributed by atoms with Crippen molar-refractivity contribution in [3.8, 4) is 5.75 Å². The van der Waals surface area contributed by atoms with Crippen molar-refractivity contribution in [1.29, 1.82) is 0 Å². The second-order valence-electron chi connectivity index (χ2n) is 19.3. The highest BCUT2D eigenvalue weighted by molar-refractivity contribution is 6.29. The molecule has 3 amide bonds. The number of carbonyl (C=O) groups is 3. The van der Waals surface area contributed by atoms with E-state index in [4.69, 9.17) is 9.47 Å². The van der Waals surface area contributed by atoms with E-state index in [0.717, 1.165) is 55.5 Å². The Balaban J connectivity index is 0.956. The van der Waals surface area contributed by atoms with Crippen LogP contribution in [0.4, 0.5) is 28.4 Å². The number of aliphatic hydroxyl groups excluding tert-OH is 1. The molecule has 4 aliphatic heterocycles. The van der Waals surface area contributed by atoms with E-state index in [1.807, 2.05) is 138 Å². The Morgan fingerprint density at radius 1 is 0.739 bits per heavy atom. The maximum absolute atomic E-state index is 16.0. The van der Waals surface area contributed by atoms with Crippen molar-refractivity contribution in [2.75, 3.05) is 28.4 Å². The Morgan fingerprint density at radius 2 is 1.35 bits per heavy atom. The van der Waals surface area contributed by atoms with Gasteiger partial charge in [-0.05, 0) is 100 Å². The van der Waals surface area contributed by atoms with Crippen molar-refractivity contribution in [2.24, 2.45) is 11.8 Å². The van der Waals surface area contributed by atoms with Crippen molar-refractivity contribution in [3.05, 3.63) is 179 Å². The second kappa shape index (κ2) is 16.0. The van der Waals surface area contributed by atoms with Gasteiger partial charge < -0.3 is 19.5 Å². The Labute approximate surface area is 399 Å². The summed E-state index contributed by atoms with van der Waals surface area (Å²) in [5.41, 5.74) is 6.48. The highest BCUT2D eigenvalue weighted by Crippen LogP contribution is 2.61. The van der Waals surface area contributed by atoms with Gasteiger partial charge in [0, 0.05) is 65.3 Å². The number of fused-ring (bicyclic) bond motifs is 2. The molecule has 1 saturated heterocycles. The summed E-state index contributed by atoms with van der Waals surface area (Å²) in [6.45, 7) is 7.27. The third kappa shape index (κ3) is 6.38. The van der Waals surface area contributed by atoms with Gasteiger partial charge in [0.2, 0.25) is 0 Å². The highest BCUT2D eigenvalue weighted by atomic mass is 16.5. The number of ether oxygens (including phenoxy) is 2. The van der Waals surface area contributed by atoms with E-state index < -0.39 is 17.1 Å². The molecule has 0 radical (unpaired) electrons. The van der Waals surface area contributed by atoms with Gasteiger partial charge in [-0.15, -0.1) is 5.10 Å². The zero-order valence-corrected chi connectivity index (χ0v) is 38.8. The van der Waals surface area contributed by atoms with E-state index >= 15 is 4.79 Å². The van der Waals surface area contributed by atoms with Gasteiger partial charge in [-0.3, -0.25) is 28.9 Å². The van der Waals surface area contributed by atoms with Crippen molar-refractivity contribution in [2.45, 2.75) is 63.8 Å². The van der Waals surface area contributed by atoms with Crippen molar-refractivity contribution < 1.29 is 29.0 Å². The number of benzene rings is 7. The van der Waals surface area contributed by atoms with Crippen LogP contribution in [0.1, 0.15) is 70.3 Å². The fourth-order valence-electron chi connectivity index (χ4n) is 12.1. The number of methoxy groups -OCH3 is 1. The van der Waals surface area contributed by atoms with Crippen molar-refractivity contribution >= 4 is 67.7 Å². The maximum atomic E-state index is 16.0. The molecule has 12 rings (SSSR count). The molecule has 5 heterocycles. The summed E-state index contributed by atoms with van der Waals surface area (Å²) in [4.78, 5) is 49.6. The Hall–Kier alpha value is -7.67. The molecule has 1 spiro atoms. The highest BCUT2D eigenvalue weighted by Gasteiger charge is 2.66. The maximum Gasteiger partial charge on any atom is 0.264 e. The Morgan fingerprint density at radius 3 is 1.97 bits per heavy atom. The minimum Gasteiger partial charge on any atom is -0.497 e. The quantitative estimate of drug-likeness (QED) is 0.128. The summed E-state index contributed by atoms with van der Waals surface area (Å²) in [6, 6.07) is 45.5. The number of hydrogen-bond acceptors (Lipinski definition) is 8. The van der Waals surface area contributed by atoms with E-state index in [1.54, 1.807) is 21.6 Å². The lowest BCUT2D eigenvalue weighted by Gasteiger charge is -2.38. The predicted octanol–water partition coefficient (Wildman–Crippen LogP) is 10.2. The third-order valence-electron chi connectivity index (χ3n) is 15.3. The van der Waals surface area contributed by atoms with Gasteiger partial charge in [0.1, 0.15) is 5.75 Å². The molecule has 344 valence electrons. The Kier molecular flexibility index (Phi) is 9.87. The average molecular weight is 915 g/mol. The van der Waals surface area contributed by atoms with Crippen LogP contribution in [-0.4, -0.2) is 57.6 Å². The first-order valence-corrected chi connectivity index (χ1v) is 23.6. The minimum absolute atomic E-state index is 0.0270. The van der Waals surface area contributed by atoms with Crippen molar-refractivity contribution in [1.82, 2.24) is 15.0 Å². The first-order chi connectivity index (χ1) is 33.5. The molecule has 69 heavy (non-hydrogen) atoms. The number of nitrogens with zero attached hydrogens (tertiary/aromatic N) is 6. The van der Waals surface area contributed by atoms with Crippen molar-refractivity contribution in [3.63, 3.8) is 0 Å². The topological polar surface area (TPSA) is 130 Å². The lowest BCUT2D eigenvalue weighted by molar-refractivity contribution is -0.146. The van der Waals surface area contributed by atoms with E-state index in [-0.39, 0.29) is 42.7 Å². The number of aryl methyl sites for hydroxylation is 1. The van der Waals surface area contributed by atoms with Crippen LogP contribution in [-0.2, 0) is 40.1 Å². The molecule has 12 nitrogen and oxygen atoms in total. The first kappa shape index (κ1) is 42.7. The molecule has 4 atom stereocenters. The fourth-order valence-corrected chi connectivity index (χ4v) is 12.1. The van der Waals surface area contributed by atoms with Gasteiger partial charge in [0.05, 0.1) is 53.6 Å². The molecule has 0 unspecified atom stereocenters. The average Bonchev–Trinajstić information content (AvgIpc) is 4.15. The van der Waals surface area contributed by atoms with Crippen LogP contribution >= 0.6 is 0 Å². The molecule has 1 aromatic heterocycles. The van der Waals surface area contributed by atoms with Crippen LogP contribution in [0.2, 0.25) is 0 Å². The van der Waals surface area contributed by atoms with Crippen LogP contribution in [0.5, 0.6) is 5.75 Å². The molecular formula is C57H50N6O6. The summed E-state index contributed by atoms with van der Waals surface area (Å²) in [5, 5.41) is 22.1. The summed E-state index contributed by atoms with van der Waals surface area (Å²) in [6.07, 6.45) is 2.35. The number of rotatable bonds is 12. The number of carbonyl (C=O) groups excluding carboxylic acids is 3. The lowest BCUT2D eigenvalue weighted by atomic mass is 9.63. The molecule has 4 aliphatic rings.